The number of urea groups is 1. The Morgan fingerprint density at radius 2 is 1.63 bits per heavy atom. The minimum atomic E-state index is -3.51. The van der Waals surface area contributed by atoms with E-state index in [4.69, 9.17) is 4.74 Å². The second kappa shape index (κ2) is 9.82. The Hall–Kier alpha value is -2.74. The van der Waals surface area contributed by atoms with E-state index in [2.05, 4.69) is 10.6 Å². The molecule has 0 aromatic heterocycles. The largest absolute Gasteiger partial charge is 0.496 e. The van der Waals surface area contributed by atoms with E-state index in [0.29, 0.717) is 18.7 Å². The van der Waals surface area contributed by atoms with Gasteiger partial charge in [-0.2, -0.15) is 0 Å². The highest BCUT2D eigenvalue weighted by molar-refractivity contribution is 7.92. The summed E-state index contributed by atoms with van der Waals surface area (Å²) < 4.78 is 31.1. The summed E-state index contributed by atoms with van der Waals surface area (Å²) in [5.41, 5.74) is 1.58. The standard InChI is InChI=1S/C19H25N3O4S/c1-22(17-9-4-3-5-10-17)27(24,25)15-14-21-19(23)20-13-12-16-8-6-7-11-18(16)26-2/h3-11H,12-15H2,1-2H3,(H2,20,21,23). The van der Waals surface area contributed by atoms with Crippen molar-refractivity contribution in [1.82, 2.24) is 10.6 Å². The molecular weight excluding hydrogens is 366 g/mol. The average molecular weight is 391 g/mol. The van der Waals surface area contributed by atoms with Gasteiger partial charge in [0.25, 0.3) is 0 Å². The third-order valence-corrected chi connectivity index (χ3v) is 5.82. The first-order valence-corrected chi connectivity index (χ1v) is 10.2. The topological polar surface area (TPSA) is 87.7 Å². The van der Waals surface area contributed by atoms with Crippen LogP contribution in [0, 0.1) is 0 Å². The SMILES string of the molecule is COc1ccccc1CCNC(=O)NCCS(=O)(=O)N(C)c1ccccc1. The molecule has 146 valence electrons. The number of methoxy groups -OCH3 is 1. The highest BCUT2D eigenvalue weighted by Crippen LogP contribution is 2.17. The summed E-state index contributed by atoms with van der Waals surface area (Å²) in [6, 6.07) is 16.0. The molecule has 0 spiro atoms. The van der Waals surface area contributed by atoms with Gasteiger partial charge in [0, 0.05) is 20.1 Å². The zero-order chi connectivity index (χ0) is 19.7. The molecule has 2 amide bonds. The molecule has 27 heavy (non-hydrogen) atoms. The fourth-order valence-corrected chi connectivity index (χ4v) is 3.59. The lowest BCUT2D eigenvalue weighted by atomic mass is 10.1. The molecule has 0 unspecified atom stereocenters. The number of rotatable bonds is 9. The van der Waals surface area contributed by atoms with Gasteiger partial charge in [-0.25, -0.2) is 13.2 Å². The van der Waals surface area contributed by atoms with Gasteiger partial charge in [0.05, 0.1) is 18.6 Å². The molecule has 0 bridgehead atoms. The second-order valence-electron chi connectivity index (χ2n) is 5.86. The maximum absolute atomic E-state index is 12.3. The van der Waals surface area contributed by atoms with Crippen molar-refractivity contribution in [2.75, 3.05) is 37.3 Å². The lowest BCUT2D eigenvalue weighted by Gasteiger charge is -2.19. The van der Waals surface area contributed by atoms with Crippen molar-refractivity contribution in [2.24, 2.45) is 0 Å². The Balaban J connectivity index is 1.74. The molecule has 0 heterocycles. The molecule has 2 N–H and O–H groups in total. The number of nitrogens with zero attached hydrogens (tertiary/aromatic N) is 1. The first-order valence-electron chi connectivity index (χ1n) is 8.59. The minimum absolute atomic E-state index is 0.0278. The van der Waals surface area contributed by atoms with Crippen LogP contribution >= 0.6 is 0 Å². The molecule has 2 aromatic rings. The maximum atomic E-state index is 12.3. The zero-order valence-corrected chi connectivity index (χ0v) is 16.3. The minimum Gasteiger partial charge on any atom is -0.496 e. The van der Waals surface area contributed by atoms with Crippen molar-refractivity contribution in [3.8, 4) is 5.75 Å². The Morgan fingerprint density at radius 1 is 1.00 bits per heavy atom. The van der Waals surface area contributed by atoms with E-state index in [-0.39, 0.29) is 12.3 Å². The number of sulfonamides is 1. The van der Waals surface area contributed by atoms with Gasteiger partial charge in [-0.05, 0) is 30.2 Å². The summed E-state index contributed by atoms with van der Waals surface area (Å²) in [4.78, 5) is 11.9. The first-order chi connectivity index (χ1) is 12.9. The van der Waals surface area contributed by atoms with Crippen LogP contribution in [0.25, 0.3) is 0 Å². The predicted octanol–water partition coefficient (Wildman–Crippen LogP) is 2.00. The molecule has 0 saturated carbocycles. The highest BCUT2D eigenvalue weighted by Gasteiger charge is 2.18. The smallest absolute Gasteiger partial charge is 0.314 e. The monoisotopic (exact) mass is 391 g/mol. The number of hydrogen-bond donors (Lipinski definition) is 2. The maximum Gasteiger partial charge on any atom is 0.314 e. The molecule has 0 aliphatic heterocycles. The summed E-state index contributed by atoms with van der Waals surface area (Å²) in [7, 11) is -0.406. The lowest BCUT2D eigenvalue weighted by Crippen LogP contribution is -2.41. The normalized spacial score (nSPS) is 10.9. The fourth-order valence-electron chi connectivity index (χ4n) is 2.51. The Labute approximate surface area is 160 Å². The Morgan fingerprint density at radius 3 is 2.33 bits per heavy atom. The second-order valence-corrected chi connectivity index (χ2v) is 7.98. The number of ether oxygens (including phenoxy) is 1. The average Bonchev–Trinajstić information content (AvgIpc) is 2.68. The molecular formula is C19H25N3O4S. The fraction of sp³-hybridized carbons (Fsp3) is 0.316. The van der Waals surface area contributed by atoms with Crippen LogP contribution in [-0.4, -0.2) is 47.4 Å². The van der Waals surface area contributed by atoms with Gasteiger partial charge in [0.15, 0.2) is 0 Å². The van der Waals surface area contributed by atoms with E-state index in [1.165, 1.54) is 11.4 Å². The van der Waals surface area contributed by atoms with Crippen LogP contribution in [0.5, 0.6) is 5.75 Å². The number of para-hydroxylation sites is 2. The van der Waals surface area contributed by atoms with E-state index >= 15 is 0 Å². The third kappa shape index (κ3) is 6.18. The van der Waals surface area contributed by atoms with Crippen LogP contribution in [0.3, 0.4) is 0 Å². The van der Waals surface area contributed by atoms with Crippen LogP contribution in [0.1, 0.15) is 5.56 Å². The number of anilines is 1. The number of carbonyl (C=O) groups excluding carboxylic acids is 1. The number of benzene rings is 2. The van der Waals surface area contributed by atoms with Crippen LogP contribution < -0.4 is 19.7 Å². The van der Waals surface area contributed by atoms with Gasteiger partial charge in [-0.15, -0.1) is 0 Å². The first kappa shape index (κ1) is 20.6. The molecule has 0 saturated heterocycles. The van der Waals surface area contributed by atoms with Crippen molar-refractivity contribution >= 4 is 21.7 Å². The van der Waals surface area contributed by atoms with Gasteiger partial charge >= 0.3 is 6.03 Å². The van der Waals surface area contributed by atoms with Crippen molar-refractivity contribution in [2.45, 2.75) is 6.42 Å². The number of nitrogens with one attached hydrogen (secondary N) is 2. The lowest BCUT2D eigenvalue weighted by molar-refractivity contribution is 0.241. The van der Waals surface area contributed by atoms with Crippen molar-refractivity contribution < 1.29 is 17.9 Å². The van der Waals surface area contributed by atoms with Crippen molar-refractivity contribution in [3.63, 3.8) is 0 Å². The van der Waals surface area contributed by atoms with Crippen LogP contribution in [0.15, 0.2) is 54.6 Å². The summed E-state index contributed by atoms with van der Waals surface area (Å²) in [6.07, 6.45) is 0.618. The van der Waals surface area contributed by atoms with E-state index in [1.807, 2.05) is 30.3 Å². The van der Waals surface area contributed by atoms with E-state index in [1.54, 1.807) is 31.4 Å². The summed E-state index contributed by atoms with van der Waals surface area (Å²) in [6.45, 7) is 0.447. The molecule has 0 radical (unpaired) electrons. The number of amides is 2. The van der Waals surface area contributed by atoms with E-state index in [9.17, 15) is 13.2 Å². The van der Waals surface area contributed by atoms with Gasteiger partial charge in [-0.1, -0.05) is 36.4 Å². The summed E-state index contributed by atoms with van der Waals surface area (Å²) in [5, 5.41) is 5.29. The molecule has 2 aromatic carbocycles. The molecule has 0 aliphatic rings. The van der Waals surface area contributed by atoms with Crippen LogP contribution in [0.4, 0.5) is 10.5 Å². The van der Waals surface area contributed by atoms with Crippen LogP contribution in [-0.2, 0) is 16.4 Å². The Bertz CT molecular complexity index is 841. The predicted molar refractivity (Wildman–Crippen MR) is 107 cm³/mol. The number of carbonyl (C=O) groups is 1. The molecule has 0 atom stereocenters. The van der Waals surface area contributed by atoms with Crippen LogP contribution in [0.2, 0.25) is 0 Å². The van der Waals surface area contributed by atoms with Gasteiger partial charge in [0.2, 0.25) is 10.0 Å². The quantitative estimate of drug-likeness (QED) is 0.684. The van der Waals surface area contributed by atoms with Gasteiger partial charge in [0.1, 0.15) is 5.75 Å². The summed E-state index contributed by atoms with van der Waals surface area (Å²) in [5.74, 6) is 0.591. The molecule has 0 aliphatic carbocycles. The number of hydrogen-bond acceptors (Lipinski definition) is 4. The summed E-state index contributed by atoms with van der Waals surface area (Å²) >= 11 is 0. The van der Waals surface area contributed by atoms with Crippen molar-refractivity contribution in [1.29, 1.82) is 0 Å². The Kier molecular flexibility index (Phi) is 7.48. The molecule has 8 heteroatoms. The zero-order valence-electron chi connectivity index (χ0n) is 15.5. The van der Waals surface area contributed by atoms with E-state index < -0.39 is 16.1 Å². The molecule has 7 nitrogen and oxygen atoms in total. The highest BCUT2D eigenvalue weighted by atomic mass is 32.2. The molecule has 0 fully saturated rings. The van der Waals surface area contributed by atoms with Crippen molar-refractivity contribution in [3.05, 3.63) is 60.2 Å². The van der Waals surface area contributed by atoms with Gasteiger partial charge < -0.3 is 15.4 Å². The van der Waals surface area contributed by atoms with E-state index in [0.717, 1.165) is 11.3 Å². The molecule has 2 rings (SSSR count). The van der Waals surface area contributed by atoms with Gasteiger partial charge in [-0.3, -0.25) is 4.31 Å². The third-order valence-electron chi connectivity index (χ3n) is 4.06.